The smallest absolute Gasteiger partial charge is 0.329 e. The Kier molecular flexibility index (Phi) is 7.66. The van der Waals surface area contributed by atoms with Crippen molar-refractivity contribution in [3.05, 3.63) is 0 Å². The Morgan fingerprint density at radius 1 is 1.26 bits per heavy atom. The molecule has 0 bridgehead atoms. The van der Waals surface area contributed by atoms with Gasteiger partial charge in [-0.05, 0) is 20.3 Å². The Morgan fingerprint density at radius 3 is 2.19 bits per heavy atom. The van der Waals surface area contributed by atoms with E-state index in [1.807, 2.05) is 0 Å². The van der Waals surface area contributed by atoms with Crippen LogP contribution < -0.4 is 5.73 Å². The van der Waals surface area contributed by atoms with Gasteiger partial charge in [0, 0.05) is 6.42 Å². The van der Waals surface area contributed by atoms with Gasteiger partial charge in [0.1, 0.15) is 18.3 Å². The van der Waals surface area contributed by atoms with Crippen molar-refractivity contribution in [2.45, 2.75) is 68.9 Å². The third kappa shape index (κ3) is 4.72. The van der Waals surface area contributed by atoms with Crippen LogP contribution in [-0.4, -0.2) is 102 Å². The van der Waals surface area contributed by atoms with Gasteiger partial charge >= 0.3 is 11.9 Å². The molecule has 0 spiro atoms. The van der Waals surface area contributed by atoms with E-state index in [4.69, 9.17) is 15.6 Å². The Labute approximate surface area is 154 Å². The molecule has 0 radical (unpaired) electrons. The van der Waals surface area contributed by atoms with E-state index in [2.05, 4.69) is 0 Å². The van der Waals surface area contributed by atoms with Crippen LogP contribution in [0.5, 0.6) is 0 Å². The minimum atomic E-state index is -2.15. The predicted molar refractivity (Wildman–Crippen MR) is 87.2 cm³/mol. The molecule has 156 valence electrons. The predicted octanol–water partition coefficient (Wildman–Crippen LogP) is -3.33. The van der Waals surface area contributed by atoms with E-state index in [1.165, 1.54) is 0 Å². The van der Waals surface area contributed by atoms with Gasteiger partial charge in [0.05, 0.1) is 18.8 Å². The van der Waals surface area contributed by atoms with Crippen molar-refractivity contribution < 1.29 is 49.8 Å². The number of ether oxygens (including phenoxy) is 1. The minimum Gasteiger partial charge on any atom is -0.481 e. The van der Waals surface area contributed by atoms with Crippen molar-refractivity contribution >= 4 is 17.8 Å². The van der Waals surface area contributed by atoms with E-state index in [9.17, 15) is 39.9 Å². The average molecular weight is 394 g/mol. The van der Waals surface area contributed by atoms with E-state index in [0.29, 0.717) is 4.90 Å². The van der Waals surface area contributed by atoms with Crippen LogP contribution in [0.4, 0.5) is 0 Å². The number of hydrogen-bond donors (Lipinski definition) is 7. The molecule has 0 aromatic heterocycles. The second-order valence-corrected chi connectivity index (χ2v) is 6.60. The molecular weight excluding hydrogens is 368 g/mol. The van der Waals surface area contributed by atoms with Crippen LogP contribution >= 0.6 is 0 Å². The molecule has 12 nitrogen and oxygen atoms in total. The van der Waals surface area contributed by atoms with Gasteiger partial charge in [0.15, 0.2) is 11.8 Å². The fourth-order valence-electron chi connectivity index (χ4n) is 3.06. The Bertz CT molecular complexity index is 571. The summed E-state index contributed by atoms with van der Waals surface area (Å²) in [6.07, 6.45) is -7.24. The molecule has 0 saturated carbocycles. The molecular formula is C15H26N2O10. The number of hydrogen-bond acceptors (Lipinski definition) is 9. The number of carboxylic acid groups (broad SMARTS) is 2. The number of nitrogens with two attached hydrogens (primary N) is 1. The highest BCUT2D eigenvalue weighted by molar-refractivity contribution is 5.88. The van der Waals surface area contributed by atoms with Gasteiger partial charge in [0.25, 0.3) is 0 Å². The fraction of sp³-hybridized carbons (Fsp3) is 0.800. The first kappa shape index (κ1) is 23.2. The quantitative estimate of drug-likeness (QED) is 0.205. The van der Waals surface area contributed by atoms with E-state index in [1.54, 1.807) is 0 Å². The van der Waals surface area contributed by atoms with E-state index in [0.717, 1.165) is 13.8 Å². The number of carbonyl (C=O) groups is 3. The van der Waals surface area contributed by atoms with Crippen molar-refractivity contribution in [3.8, 4) is 0 Å². The maximum atomic E-state index is 12.8. The van der Waals surface area contributed by atoms with E-state index < -0.39 is 73.1 Å². The molecule has 1 fully saturated rings. The Hall–Kier alpha value is -1.83. The Balaban J connectivity index is 3.36. The van der Waals surface area contributed by atoms with Crippen LogP contribution in [0.15, 0.2) is 0 Å². The lowest BCUT2D eigenvalue weighted by atomic mass is 9.97. The van der Waals surface area contributed by atoms with Gasteiger partial charge in [-0.15, -0.1) is 0 Å². The molecule has 8 N–H and O–H groups in total. The molecule has 7 atom stereocenters. The van der Waals surface area contributed by atoms with E-state index >= 15 is 0 Å². The van der Waals surface area contributed by atoms with Crippen LogP contribution in [0.3, 0.4) is 0 Å². The summed E-state index contributed by atoms with van der Waals surface area (Å²) in [5.74, 6) is -3.96. The second kappa shape index (κ2) is 8.91. The van der Waals surface area contributed by atoms with E-state index in [-0.39, 0.29) is 6.42 Å². The monoisotopic (exact) mass is 394 g/mol. The molecule has 12 heteroatoms. The molecule has 1 saturated heterocycles. The van der Waals surface area contributed by atoms with Crippen LogP contribution in [0.2, 0.25) is 0 Å². The third-order valence-electron chi connectivity index (χ3n) is 4.51. The van der Waals surface area contributed by atoms with Gasteiger partial charge < -0.3 is 41.1 Å². The van der Waals surface area contributed by atoms with Gasteiger partial charge in [-0.25, -0.2) is 4.79 Å². The number of amides is 1. The van der Waals surface area contributed by atoms with Gasteiger partial charge in [-0.1, -0.05) is 0 Å². The summed E-state index contributed by atoms with van der Waals surface area (Å²) in [6, 6.07) is -3.39. The largest absolute Gasteiger partial charge is 0.481 e. The average Bonchev–Trinajstić information content (AvgIpc) is 2.80. The zero-order valence-corrected chi connectivity index (χ0v) is 14.9. The first-order valence-electron chi connectivity index (χ1n) is 8.24. The third-order valence-corrected chi connectivity index (χ3v) is 4.51. The summed E-state index contributed by atoms with van der Waals surface area (Å²) in [5, 5.41) is 57.7. The van der Waals surface area contributed by atoms with Gasteiger partial charge in [-0.3, -0.25) is 14.5 Å². The fourth-order valence-corrected chi connectivity index (χ4v) is 3.06. The molecule has 0 aromatic carbocycles. The summed E-state index contributed by atoms with van der Waals surface area (Å²) >= 11 is 0. The second-order valence-electron chi connectivity index (χ2n) is 6.60. The normalized spacial score (nSPS) is 31.1. The van der Waals surface area contributed by atoms with Crippen molar-refractivity contribution in [3.63, 3.8) is 0 Å². The molecule has 0 aromatic rings. The number of nitrogens with zero attached hydrogens (tertiary/aromatic N) is 1. The topological polar surface area (TPSA) is 211 Å². The van der Waals surface area contributed by atoms with Crippen LogP contribution in [0, 0.1) is 0 Å². The van der Waals surface area contributed by atoms with Crippen LogP contribution in [-0.2, 0) is 19.1 Å². The lowest BCUT2D eigenvalue weighted by Gasteiger charge is -2.44. The molecule has 27 heavy (non-hydrogen) atoms. The standard InChI is InChI=1S/C15H26N2O10/c1-6(19)10(14(25)26)17(13(24)7(16)3-4-9(20)21)15(2)12(23)11(22)8(5-18)27-15/h6-8,10-12,18-19,22-23H,3-5,16H2,1-2H3,(H,20,21)(H,25,26)/t6?,7?,8-,10?,11-,12+,15?/m1/s1. The first-order chi connectivity index (χ1) is 12.4. The summed E-state index contributed by atoms with van der Waals surface area (Å²) in [5.41, 5.74) is 3.55. The summed E-state index contributed by atoms with van der Waals surface area (Å²) < 4.78 is 5.37. The molecule has 4 unspecified atom stereocenters. The minimum absolute atomic E-state index is 0.338. The molecule has 1 amide bonds. The molecule has 1 heterocycles. The number of rotatable bonds is 9. The van der Waals surface area contributed by atoms with Crippen LogP contribution in [0.1, 0.15) is 26.7 Å². The maximum Gasteiger partial charge on any atom is 0.329 e. The lowest BCUT2D eigenvalue weighted by Crippen LogP contribution is -2.67. The number of carbonyl (C=O) groups excluding carboxylic acids is 1. The summed E-state index contributed by atoms with van der Waals surface area (Å²) in [7, 11) is 0. The zero-order chi connectivity index (χ0) is 21.1. The van der Waals surface area contributed by atoms with Crippen molar-refractivity contribution in [1.82, 2.24) is 4.90 Å². The number of aliphatic carboxylic acids is 2. The number of aliphatic hydroxyl groups is 4. The highest BCUT2D eigenvalue weighted by atomic mass is 16.6. The SMILES string of the molecule is CC(O)C(C(=O)O)N(C(=O)C(N)CCC(=O)O)C1(C)O[C@H](CO)[C@@H](O)[C@@H]1O. The molecule has 1 aliphatic rings. The molecule has 1 aliphatic heterocycles. The zero-order valence-electron chi connectivity index (χ0n) is 14.9. The molecule has 1 rings (SSSR count). The Morgan fingerprint density at radius 2 is 1.81 bits per heavy atom. The number of aliphatic hydroxyl groups excluding tert-OH is 4. The summed E-state index contributed by atoms with van der Waals surface area (Å²) in [4.78, 5) is 35.7. The highest BCUT2D eigenvalue weighted by Crippen LogP contribution is 2.36. The van der Waals surface area contributed by atoms with Gasteiger partial charge in [0.2, 0.25) is 5.91 Å². The highest BCUT2D eigenvalue weighted by Gasteiger charge is 2.59. The van der Waals surface area contributed by atoms with Crippen molar-refractivity contribution in [2.24, 2.45) is 5.73 Å². The number of carboxylic acids is 2. The maximum absolute atomic E-state index is 12.8. The van der Waals surface area contributed by atoms with Crippen LogP contribution in [0.25, 0.3) is 0 Å². The van der Waals surface area contributed by atoms with Crippen molar-refractivity contribution in [2.75, 3.05) is 6.61 Å². The first-order valence-corrected chi connectivity index (χ1v) is 8.24. The van der Waals surface area contributed by atoms with Gasteiger partial charge in [-0.2, -0.15) is 0 Å². The van der Waals surface area contributed by atoms with Crippen molar-refractivity contribution in [1.29, 1.82) is 0 Å². The summed E-state index contributed by atoms with van der Waals surface area (Å²) in [6.45, 7) is 1.47. The molecule has 0 aliphatic carbocycles. The lowest BCUT2D eigenvalue weighted by molar-refractivity contribution is -0.210.